The third kappa shape index (κ3) is 11.6. The van der Waals surface area contributed by atoms with Crippen LogP contribution in [0.25, 0.3) is 5.69 Å². The van der Waals surface area contributed by atoms with Crippen LogP contribution in [0.4, 0.5) is 29.2 Å². The van der Waals surface area contributed by atoms with Crippen molar-refractivity contribution in [2.75, 3.05) is 36.1 Å². The summed E-state index contributed by atoms with van der Waals surface area (Å²) in [7, 11) is 0. The maximum absolute atomic E-state index is 6.03. The molecule has 2 aromatic carbocycles. The molecule has 0 amide bonds. The van der Waals surface area contributed by atoms with Crippen LogP contribution >= 0.6 is 12.2 Å². The summed E-state index contributed by atoms with van der Waals surface area (Å²) in [5.41, 5.74) is 33.8. The van der Waals surface area contributed by atoms with E-state index in [-0.39, 0.29) is 41.5 Å². The Morgan fingerprint density at radius 3 is 1.70 bits per heavy atom. The van der Waals surface area contributed by atoms with E-state index in [1.54, 1.807) is 12.3 Å². The molecule has 0 aliphatic rings. The zero-order valence-corrected chi connectivity index (χ0v) is 33.0. The zero-order chi connectivity index (χ0) is 39.4. The molecule has 0 spiro atoms. The van der Waals surface area contributed by atoms with Crippen molar-refractivity contribution in [3.05, 3.63) is 76.1 Å². The molecule has 1 unspecified atom stereocenters. The van der Waals surface area contributed by atoms with Gasteiger partial charge in [-0.3, -0.25) is 4.57 Å². The van der Waals surface area contributed by atoms with Crippen LogP contribution in [0.5, 0.6) is 23.0 Å². The predicted molar refractivity (Wildman–Crippen MR) is 217 cm³/mol. The molecule has 5 rings (SSSR count). The molecule has 0 aliphatic heterocycles. The number of aromatic nitrogens is 6. The number of aromatic amines is 1. The average molecular weight is 763 g/mol. The van der Waals surface area contributed by atoms with Gasteiger partial charge >= 0.3 is 0 Å². The molecule has 0 fully saturated rings. The molecule has 0 aliphatic carbocycles. The maximum Gasteiger partial charge on any atom is 0.222 e. The van der Waals surface area contributed by atoms with Gasteiger partial charge in [0.2, 0.25) is 11.9 Å². The van der Waals surface area contributed by atoms with E-state index in [4.69, 9.17) is 67.5 Å². The molecule has 0 radical (unpaired) electrons. The molecule has 17 heteroatoms. The third-order valence-electron chi connectivity index (χ3n) is 7.73. The summed E-state index contributed by atoms with van der Waals surface area (Å²) < 4.78 is 23.3. The van der Waals surface area contributed by atoms with Crippen LogP contribution in [-0.2, 0) is 17.2 Å². The second-order valence-electron chi connectivity index (χ2n) is 12.6. The summed E-state index contributed by atoms with van der Waals surface area (Å²) in [4.78, 5) is 18.7. The predicted octanol–water partition coefficient (Wildman–Crippen LogP) is 7.31. The Balaban J connectivity index is 0.000000245. The smallest absolute Gasteiger partial charge is 0.222 e. The van der Waals surface area contributed by atoms with E-state index in [1.165, 1.54) is 12.4 Å². The van der Waals surface area contributed by atoms with Crippen LogP contribution in [0.15, 0.2) is 53.4 Å². The first-order valence-electron chi connectivity index (χ1n) is 16.9. The van der Waals surface area contributed by atoms with Gasteiger partial charge in [0.1, 0.15) is 11.5 Å². The average Bonchev–Trinajstić information content (AvgIpc) is 3.53. The molecular weight excluding hydrogens is 713 g/mol. The van der Waals surface area contributed by atoms with E-state index in [0.717, 1.165) is 34.5 Å². The zero-order valence-electron chi connectivity index (χ0n) is 31.4. The van der Waals surface area contributed by atoms with Gasteiger partial charge in [0.05, 0.1) is 29.9 Å². The Morgan fingerprint density at radius 2 is 1.30 bits per heavy atom. The molecule has 0 saturated heterocycles. The SMILES string of the molecule is CCOC(C)CN.Cc1cc(C(C)C)c(Oc2cnc(N)nc2N)cc1-n1cc[nH]c1=S.Cc1cc(C(C)C)c(Oc2cnc(N)nc2N)cc1N=S. The molecule has 0 bridgehead atoms. The van der Waals surface area contributed by atoms with E-state index in [9.17, 15) is 0 Å². The first-order valence-corrected chi connectivity index (χ1v) is 17.7. The van der Waals surface area contributed by atoms with E-state index >= 15 is 0 Å². The number of nitrogens with one attached hydrogen (secondary N) is 1. The minimum Gasteiger partial charge on any atom is -0.451 e. The van der Waals surface area contributed by atoms with Crippen molar-refractivity contribution in [3.8, 4) is 28.7 Å². The fourth-order valence-corrected chi connectivity index (χ4v) is 5.31. The number of nitrogens with zero attached hydrogens (tertiary/aromatic N) is 6. The van der Waals surface area contributed by atoms with Crippen LogP contribution in [0.2, 0.25) is 0 Å². The Bertz CT molecular complexity index is 2050. The van der Waals surface area contributed by atoms with E-state index < -0.39 is 0 Å². The Morgan fingerprint density at radius 1 is 0.792 bits per heavy atom. The summed E-state index contributed by atoms with van der Waals surface area (Å²) in [6.07, 6.45) is 6.83. The lowest BCUT2D eigenvalue weighted by molar-refractivity contribution is 0.0826. The largest absolute Gasteiger partial charge is 0.451 e. The van der Waals surface area contributed by atoms with Crippen LogP contribution < -0.4 is 38.1 Å². The number of nitrogens with two attached hydrogens (primary N) is 5. The highest BCUT2D eigenvalue weighted by Gasteiger charge is 2.17. The number of hydrogen-bond acceptors (Lipinski definition) is 15. The topological polar surface area (TPSA) is 242 Å². The van der Waals surface area contributed by atoms with Gasteiger partial charge in [-0.1, -0.05) is 33.8 Å². The number of nitrogen functional groups attached to an aromatic ring is 4. The Kier molecular flexibility index (Phi) is 15.6. The number of ether oxygens (including phenoxy) is 3. The quantitative estimate of drug-likeness (QED) is 0.0723. The second kappa shape index (κ2) is 19.6. The fourth-order valence-electron chi connectivity index (χ4n) is 4.89. The molecule has 0 saturated carbocycles. The van der Waals surface area contributed by atoms with Crippen LogP contribution in [-0.4, -0.2) is 48.7 Å². The van der Waals surface area contributed by atoms with Crippen molar-refractivity contribution >= 4 is 53.9 Å². The first-order chi connectivity index (χ1) is 25.1. The molecule has 15 nitrogen and oxygen atoms in total. The molecule has 3 aromatic heterocycles. The minimum absolute atomic E-state index is 0.106. The summed E-state index contributed by atoms with van der Waals surface area (Å²) in [5, 5.41) is 0. The van der Waals surface area contributed by atoms with Gasteiger partial charge in [0, 0.05) is 50.1 Å². The lowest BCUT2D eigenvalue weighted by Gasteiger charge is -2.18. The molecule has 3 heterocycles. The normalized spacial score (nSPS) is 11.3. The lowest BCUT2D eigenvalue weighted by Crippen LogP contribution is -2.19. The molecule has 11 N–H and O–H groups in total. The van der Waals surface area contributed by atoms with Crippen molar-refractivity contribution in [1.82, 2.24) is 29.5 Å². The Hall–Kier alpha value is -5.23. The van der Waals surface area contributed by atoms with E-state index in [1.807, 2.05) is 50.6 Å². The van der Waals surface area contributed by atoms with Crippen molar-refractivity contribution < 1.29 is 14.2 Å². The highest BCUT2D eigenvalue weighted by molar-refractivity contribution is 7.71. The molecular formula is C36H50N12O3S2. The van der Waals surface area contributed by atoms with Gasteiger partial charge < -0.3 is 47.9 Å². The number of aryl methyl sites for hydroxylation is 2. The molecule has 5 aromatic rings. The van der Waals surface area contributed by atoms with Crippen molar-refractivity contribution in [2.24, 2.45) is 10.1 Å². The van der Waals surface area contributed by atoms with E-state index in [0.29, 0.717) is 40.0 Å². The molecule has 1 atom stereocenters. The van der Waals surface area contributed by atoms with E-state index in [2.05, 4.69) is 63.0 Å². The minimum atomic E-state index is 0.106. The number of hydrogen-bond donors (Lipinski definition) is 6. The van der Waals surface area contributed by atoms with Crippen molar-refractivity contribution in [2.45, 2.75) is 73.3 Å². The Labute approximate surface area is 320 Å². The van der Waals surface area contributed by atoms with Crippen LogP contribution in [0.3, 0.4) is 0 Å². The monoisotopic (exact) mass is 762 g/mol. The standard InChI is InChI=1S/C17H20N6OS.C14H17N5OS.C5H13NO/c1-9(2)11-6-10(3)12(23-5-4-20-17(23)25)7-13(11)24-14-8-21-16(19)22-15(14)18;1-7(2)9-4-8(3)10(19-21)5-11(9)20-12-6-17-14(16)18-13(12)15;1-3-7-5(2)4-6/h4-9H,1-3H3,(H,20,25)(H4,18,19,21,22);4-7H,1-3H3,(H4,15,16,17,18);5H,3-4,6H2,1-2H3. The first kappa shape index (κ1) is 42.2. The maximum atomic E-state index is 6.03. The summed E-state index contributed by atoms with van der Waals surface area (Å²) in [5.74, 6) is 3.17. The lowest BCUT2D eigenvalue weighted by atomic mass is 9.98. The van der Waals surface area contributed by atoms with Crippen molar-refractivity contribution in [3.63, 3.8) is 0 Å². The van der Waals surface area contributed by atoms with Gasteiger partial charge in [-0.05, 0) is 80.1 Å². The highest BCUT2D eigenvalue weighted by Crippen LogP contribution is 2.38. The second-order valence-corrected chi connectivity index (χ2v) is 13.1. The highest BCUT2D eigenvalue weighted by atomic mass is 32.1. The number of anilines is 4. The van der Waals surface area contributed by atoms with Gasteiger partial charge in [0.15, 0.2) is 27.9 Å². The van der Waals surface area contributed by atoms with Crippen LogP contribution in [0, 0.1) is 18.6 Å². The number of H-pyrrole nitrogens is 1. The molecule has 284 valence electrons. The number of rotatable bonds is 11. The third-order valence-corrected chi connectivity index (χ3v) is 8.25. The summed E-state index contributed by atoms with van der Waals surface area (Å²) >= 11 is 10.1. The number of benzene rings is 2. The summed E-state index contributed by atoms with van der Waals surface area (Å²) in [6, 6.07) is 7.86. The fraction of sp³-hybridized carbons (Fsp3) is 0.361. The van der Waals surface area contributed by atoms with Gasteiger partial charge in [-0.2, -0.15) is 14.3 Å². The molecule has 53 heavy (non-hydrogen) atoms. The van der Waals surface area contributed by atoms with Gasteiger partial charge in [0.25, 0.3) is 0 Å². The van der Waals surface area contributed by atoms with Gasteiger partial charge in [-0.15, -0.1) is 0 Å². The summed E-state index contributed by atoms with van der Waals surface area (Å²) in [6.45, 7) is 17.7. The number of imidazole rings is 1. The van der Waals surface area contributed by atoms with Gasteiger partial charge in [-0.25, -0.2) is 9.97 Å². The van der Waals surface area contributed by atoms with Crippen molar-refractivity contribution in [1.29, 1.82) is 0 Å². The van der Waals surface area contributed by atoms with Crippen LogP contribution in [0.1, 0.15) is 75.6 Å².